The normalized spacial score (nSPS) is 22.5. The summed E-state index contributed by atoms with van der Waals surface area (Å²) in [6.07, 6.45) is 6.33. The number of hydrogen-bond acceptors (Lipinski definition) is 4. The summed E-state index contributed by atoms with van der Waals surface area (Å²) in [5, 5.41) is 14.9. The van der Waals surface area contributed by atoms with E-state index < -0.39 is 0 Å². The van der Waals surface area contributed by atoms with E-state index in [0.717, 1.165) is 76.4 Å². The van der Waals surface area contributed by atoms with Crippen molar-refractivity contribution >= 4 is 0 Å². The molecule has 0 unspecified atom stereocenters. The largest absolute Gasteiger partial charge is 0.392 e. The fraction of sp³-hybridized carbons (Fsp3) is 0.619. The number of hydrogen-bond donors (Lipinski definition) is 1. The molecule has 1 aliphatic heterocycles. The highest BCUT2D eigenvalue weighted by atomic mass is 16.3. The Morgan fingerprint density at radius 2 is 2.04 bits per heavy atom. The van der Waals surface area contributed by atoms with E-state index in [1.807, 2.05) is 0 Å². The predicted octanol–water partition coefficient (Wildman–Crippen LogP) is 3.11. The van der Waals surface area contributed by atoms with Crippen LogP contribution >= 0.6 is 0 Å². The third-order valence-electron chi connectivity index (χ3n) is 5.82. The van der Waals surface area contributed by atoms with E-state index in [4.69, 9.17) is 10.1 Å². The van der Waals surface area contributed by atoms with Crippen molar-refractivity contribution in [3.8, 4) is 0 Å². The number of likely N-dealkylation sites (tertiary alicyclic amines) is 1. The van der Waals surface area contributed by atoms with Crippen LogP contribution in [0.3, 0.4) is 0 Å². The number of β-amino-alcohol motifs (C(OH)–C–C–N with tert-alkyl or cyclic N) is 1. The fourth-order valence-electron chi connectivity index (χ4n) is 4.08. The monoisotopic (exact) mass is 354 g/mol. The van der Waals surface area contributed by atoms with Crippen LogP contribution in [0.4, 0.5) is 0 Å². The summed E-state index contributed by atoms with van der Waals surface area (Å²) in [7, 11) is 0. The highest BCUT2D eigenvalue weighted by Gasteiger charge is 2.49. The third-order valence-corrected chi connectivity index (χ3v) is 5.82. The average molecular weight is 354 g/mol. The molecular formula is C21H30N4O. The number of benzene rings is 1. The molecule has 0 bridgehead atoms. The number of nitrogens with zero attached hydrogens (tertiary/aromatic N) is 4. The molecular weight excluding hydrogens is 324 g/mol. The Kier molecular flexibility index (Phi) is 5.09. The minimum Gasteiger partial charge on any atom is -0.392 e. The third kappa shape index (κ3) is 3.55. The molecule has 0 spiro atoms. The van der Waals surface area contributed by atoms with Gasteiger partial charge in [0, 0.05) is 13.1 Å². The number of piperidine rings is 1. The first kappa shape index (κ1) is 17.7. The van der Waals surface area contributed by atoms with E-state index >= 15 is 0 Å². The van der Waals surface area contributed by atoms with E-state index in [-0.39, 0.29) is 11.5 Å². The Morgan fingerprint density at radius 1 is 1.23 bits per heavy atom. The van der Waals surface area contributed by atoms with Gasteiger partial charge in [0.15, 0.2) is 5.82 Å². The number of aryl methyl sites for hydroxylation is 1. The number of aliphatic hydroxyl groups excluding tert-OH is 1. The van der Waals surface area contributed by atoms with Gasteiger partial charge in [-0.3, -0.25) is 4.90 Å². The molecule has 5 heteroatoms. The second-order valence-corrected chi connectivity index (χ2v) is 7.91. The van der Waals surface area contributed by atoms with Crippen LogP contribution in [0.1, 0.15) is 62.7 Å². The van der Waals surface area contributed by atoms with Crippen molar-refractivity contribution in [3.05, 3.63) is 47.5 Å². The van der Waals surface area contributed by atoms with E-state index in [0.29, 0.717) is 0 Å². The molecule has 1 aromatic heterocycles. The molecule has 1 aromatic carbocycles. The first-order valence-corrected chi connectivity index (χ1v) is 10.1. The molecule has 0 radical (unpaired) electrons. The Hall–Kier alpha value is -1.72. The SMILES string of the molecule is CCCCn1nc(C2(c3ccccc3)CC2)nc1CN1CCC[C@@H](O)C1. The lowest BCUT2D eigenvalue weighted by Gasteiger charge is -2.29. The minimum absolute atomic E-state index is 0.0227. The highest BCUT2D eigenvalue weighted by molar-refractivity contribution is 5.39. The van der Waals surface area contributed by atoms with Crippen molar-refractivity contribution in [2.75, 3.05) is 13.1 Å². The van der Waals surface area contributed by atoms with Crippen LogP contribution in [-0.4, -0.2) is 44.0 Å². The summed E-state index contributed by atoms with van der Waals surface area (Å²) in [6.45, 7) is 5.72. The maximum absolute atomic E-state index is 9.98. The fourth-order valence-corrected chi connectivity index (χ4v) is 4.08. The van der Waals surface area contributed by atoms with Gasteiger partial charge in [-0.05, 0) is 44.2 Å². The Labute approximate surface area is 156 Å². The summed E-state index contributed by atoms with van der Waals surface area (Å²) >= 11 is 0. The minimum atomic E-state index is -0.200. The van der Waals surface area contributed by atoms with Crippen LogP contribution in [0.15, 0.2) is 30.3 Å². The molecule has 26 heavy (non-hydrogen) atoms. The Bertz CT molecular complexity index is 723. The number of aromatic nitrogens is 3. The maximum atomic E-state index is 9.98. The number of aliphatic hydroxyl groups is 1. The lowest BCUT2D eigenvalue weighted by atomic mass is 9.95. The van der Waals surface area contributed by atoms with Crippen molar-refractivity contribution < 1.29 is 5.11 Å². The molecule has 1 saturated heterocycles. The smallest absolute Gasteiger partial charge is 0.161 e. The van der Waals surface area contributed by atoms with Crippen LogP contribution in [0.5, 0.6) is 0 Å². The van der Waals surface area contributed by atoms with Gasteiger partial charge in [0.1, 0.15) is 5.82 Å². The first-order chi connectivity index (χ1) is 12.7. The summed E-state index contributed by atoms with van der Waals surface area (Å²) in [6, 6.07) is 10.7. The van der Waals surface area contributed by atoms with E-state index in [1.54, 1.807) is 0 Å². The zero-order valence-electron chi connectivity index (χ0n) is 15.8. The molecule has 1 atom stereocenters. The van der Waals surface area contributed by atoms with Crippen molar-refractivity contribution in [1.29, 1.82) is 0 Å². The van der Waals surface area contributed by atoms with Gasteiger partial charge in [0.2, 0.25) is 0 Å². The molecule has 1 N–H and O–H groups in total. The summed E-state index contributed by atoms with van der Waals surface area (Å²) in [4.78, 5) is 7.35. The molecule has 1 aliphatic carbocycles. The molecule has 140 valence electrons. The lowest BCUT2D eigenvalue weighted by Crippen LogP contribution is -2.38. The van der Waals surface area contributed by atoms with Crippen molar-refractivity contribution in [1.82, 2.24) is 19.7 Å². The topological polar surface area (TPSA) is 54.2 Å². The molecule has 2 fully saturated rings. The van der Waals surface area contributed by atoms with Crippen LogP contribution in [0.2, 0.25) is 0 Å². The van der Waals surface area contributed by atoms with Gasteiger partial charge in [-0.25, -0.2) is 9.67 Å². The van der Waals surface area contributed by atoms with E-state index in [9.17, 15) is 5.11 Å². The van der Waals surface area contributed by atoms with Gasteiger partial charge < -0.3 is 5.11 Å². The van der Waals surface area contributed by atoms with E-state index in [2.05, 4.69) is 46.8 Å². The standard InChI is InChI=1S/C21H30N4O/c1-2-3-14-25-19(16-24-13-7-10-18(26)15-24)22-20(23-25)21(11-12-21)17-8-5-4-6-9-17/h4-6,8-9,18,26H,2-3,7,10-16H2,1H3/t18-/m1/s1. The highest BCUT2D eigenvalue weighted by Crippen LogP contribution is 2.52. The Balaban J connectivity index is 1.59. The molecule has 0 amide bonds. The maximum Gasteiger partial charge on any atom is 0.161 e. The summed E-state index contributed by atoms with van der Waals surface area (Å²) in [5.74, 6) is 2.05. The number of unbranched alkanes of at least 4 members (excludes halogenated alkanes) is 1. The molecule has 4 rings (SSSR count). The van der Waals surface area contributed by atoms with Crippen LogP contribution in [0.25, 0.3) is 0 Å². The molecule has 2 aliphatic rings. The van der Waals surface area contributed by atoms with Gasteiger partial charge in [0.05, 0.1) is 18.1 Å². The zero-order chi connectivity index (χ0) is 18.0. The van der Waals surface area contributed by atoms with E-state index in [1.165, 1.54) is 5.56 Å². The zero-order valence-corrected chi connectivity index (χ0v) is 15.8. The summed E-state index contributed by atoms with van der Waals surface area (Å²) in [5.41, 5.74) is 1.36. The second kappa shape index (κ2) is 7.49. The van der Waals surface area contributed by atoms with Crippen LogP contribution in [0, 0.1) is 0 Å². The molecule has 2 heterocycles. The van der Waals surface area contributed by atoms with Gasteiger partial charge in [-0.2, -0.15) is 5.10 Å². The molecule has 5 nitrogen and oxygen atoms in total. The summed E-state index contributed by atoms with van der Waals surface area (Å²) < 4.78 is 2.13. The van der Waals surface area contributed by atoms with Crippen LogP contribution in [-0.2, 0) is 18.5 Å². The molecule has 2 aromatic rings. The van der Waals surface area contributed by atoms with Crippen molar-refractivity contribution in [2.45, 2.75) is 70.1 Å². The van der Waals surface area contributed by atoms with Gasteiger partial charge >= 0.3 is 0 Å². The van der Waals surface area contributed by atoms with Crippen molar-refractivity contribution in [2.24, 2.45) is 0 Å². The average Bonchev–Trinajstić information content (AvgIpc) is 3.38. The predicted molar refractivity (Wildman–Crippen MR) is 102 cm³/mol. The van der Waals surface area contributed by atoms with Crippen LogP contribution < -0.4 is 0 Å². The second-order valence-electron chi connectivity index (χ2n) is 7.91. The van der Waals surface area contributed by atoms with Gasteiger partial charge in [0.25, 0.3) is 0 Å². The quantitative estimate of drug-likeness (QED) is 0.830. The first-order valence-electron chi connectivity index (χ1n) is 10.1. The van der Waals surface area contributed by atoms with Gasteiger partial charge in [-0.15, -0.1) is 0 Å². The van der Waals surface area contributed by atoms with Crippen molar-refractivity contribution in [3.63, 3.8) is 0 Å². The molecule has 1 saturated carbocycles. The van der Waals surface area contributed by atoms with Gasteiger partial charge in [-0.1, -0.05) is 43.7 Å². The number of rotatable bonds is 7. The Morgan fingerprint density at radius 3 is 2.73 bits per heavy atom. The lowest BCUT2D eigenvalue weighted by molar-refractivity contribution is 0.0647.